The fourth-order valence-corrected chi connectivity index (χ4v) is 2.46. The first kappa shape index (κ1) is 16.7. The molecule has 1 amide bonds. The third-order valence-electron chi connectivity index (χ3n) is 3.05. The number of aromatic nitrogens is 1. The summed E-state index contributed by atoms with van der Waals surface area (Å²) in [7, 11) is 1.61. The lowest BCUT2D eigenvalue weighted by atomic mass is 10.2. The van der Waals surface area contributed by atoms with Gasteiger partial charge in [0.1, 0.15) is 0 Å². The van der Waals surface area contributed by atoms with Gasteiger partial charge < -0.3 is 14.5 Å². The Kier molecular flexibility index (Phi) is 6.15. The van der Waals surface area contributed by atoms with Gasteiger partial charge in [0, 0.05) is 36.0 Å². The molecule has 0 bridgehead atoms. The van der Waals surface area contributed by atoms with Crippen LogP contribution < -0.4 is 5.32 Å². The molecular weight excluding hydrogens is 348 g/mol. The number of benzene rings is 1. The number of aryl methyl sites for hydroxylation is 1. The number of hydrogen-bond donors (Lipinski definition) is 1. The molecule has 0 radical (unpaired) electrons. The number of rotatable bonds is 7. The summed E-state index contributed by atoms with van der Waals surface area (Å²) in [5.41, 5.74) is 0.950. The van der Waals surface area contributed by atoms with Crippen molar-refractivity contribution in [3.8, 4) is 11.3 Å². The standard InChI is InChI=1S/C16H19BrN2O3/c1-11(10-21-2)19-15(20)6-7-16-18-9-14(22-16)12-4-3-5-13(17)8-12/h3-5,8-9,11H,6-7,10H2,1-2H3,(H,19,20)/t11-/m0/s1. The molecule has 0 aliphatic rings. The molecule has 0 unspecified atom stereocenters. The van der Waals surface area contributed by atoms with Crippen molar-refractivity contribution in [2.75, 3.05) is 13.7 Å². The van der Waals surface area contributed by atoms with Crippen molar-refractivity contribution in [3.05, 3.63) is 40.8 Å². The summed E-state index contributed by atoms with van der Waals surface area (Å²) in [4.78, 5) is 16.0. The van der Waals surface area contributed by atoms with E-state index < -0.39 is 0 Å². The Morgan fingerprint density at radius 2 is 2.32 bits per heavy atom. The van der Waals surface area contributed by atoms with E-state index in [1.165, 1.54) is 0 Å². The Balaban J connectivity index is 1.88. The van der Waals surface area contributed by atoms with Gasteiger partial charge in [-0.1, -0.05) is 28.1 Å². The van der Waals surface area contributed by atoms with E-state index in [0.29, 0.717) is 31.1 Å². The average Bonchev–Trinajstić information content (AvgIpc) is 2.94. The lowest BCUT2D eigenvalue weighted by molar-refractivity contribution is -0.122. The van der Waals surface area contributed by atoms with Crippen LogP contribution in [0.2, 0.25) is 0 Å². The van der Waals surface area contributed by atoms with Gasteiger partial charge in [0.15, 0.2) is 11.7 Å². The van der Waals surface area contributed by atoms with Crippen molar-refractivity contribution in [2.45, 2.75) is 25.8 Å². The number of halogens is 1. The minimum absolute atomic E-state index is 0.000657. The van der Waals surface area contributed by atoms with E-state index in [4.69, 9.17) is 9.15 Å². The van der Waals surface area contributed by atoms with E-state index in [2.05, 4.69) is 26.2 Å². The highest BCUT2D eigenvalue weighted by Crippen LogP contribution is 2.23. The number of oxazole rings is 1. The highest BCUT2D eigenvalue weighted by atomic mass is 79.9. The first-order valence-corrected chi connectivity index (χ1v) is 7.86. The topological polar surface area (TPSA) is 64.4 Å². The highest BCUT2D eigenvalue weighted by molar-refractivity contribution is 9.10. The monoisotopic (exact) mass is 366 g/mol. The number of carbonyl (C=O) groups excluding carboxylic acids is 1. The van der Waals surface area contributed by atoms with Gasteiger partial charge in [-0.3, -0.25) is 4.79 Å². The normalized spacial score (nSPS) is 12.1. The third-order valence-corrected chi connectivity index (χ3v) is 3.55. The molecule has 6 heteroatoms. The summed E-state index contributed by atoms with van der Waals surface area (Å²) in [6.45, 7) is 2.40. The van der Waals surface area contributed by atoms with Gasteiger partial charge in [-0.2, -0.15) is 0 Å². The molecule has 22 heavy (non-hydrogen) atoms. The summed E-state index contributed by atoms with van der Waals surface area (Å²) in [6.07, 6.45) is 2.49. The SMILES string of the molecule is COC[C@H](C)NC(=O)CCc1ncc(-c2cccc(Br)c2)o1. The summed E-state index contributed by atoms with van der Waals surface area (Å²) >= 11 is 3.43. The maximum Gasteiger partial charge on any atom is 0.220 e. The molecule has 1 aromatic carbocycles. The molecule has 0 fully saturated rings. The molecule has 5 nitrogen and oxygen atoms in total. The first-order valence-electron chi connectivity index (χ1n) is 7.07. The van der Waals surface area contributed by atoms with Gasteiger partial charge in [0.25, 0.3) is 0 Å². The van der Waals surface area contributed by atoms with Crippen LogP contribution in [0.5, 0.6) is 0 Å². The molecule has 0 saturated heterocycles. The van der Waals surface area contributed by atoms with Crippen molar-refractivity contribution in [1.82, 2.24) is 10.3 Å². The van der Waals surface area contributed by atoms with Gasteiger partial charge in [-0.15, -0.1) is 0 Å². The van der Waals surface area contributed by atoms with Crippen LogP contribution in [0.3, 0.4) is 0 Å². The molecule has 0 spiro atoms. The Labute approximate surface area is 138 Å². The molecule has 2 aromatic rings. The summed E-state index contributed by atoms with van der Waals surface area (Å²) in [5, 5.41) is 2.86. The predicted molar refractivity (Wildman–Crippen MR) is 87.4 cm³/mol. The molecule has 118 valence electrons. The fourth-order valence-electron chi connectivity index (χ4n) is 2.06. The van der Waals surface area contributed by atoms with Crippen molar-refractivity contribution < 1.29 is 13.9 Å². The first-order chi connectivity index (χ1) is 10.6. The Hall–Kier alpha value is -1.66. The van der Waals surface area contributed by atoms with Crippen LogP contribution in [0.15, 0.2) is 39.4 Å². The molecular formula is C16H19BrN2O3. The van der Waals surface area contributed by atoms with Crippen LogP contribution in [0, 0.1) is 0 Å². The largest absolute Gasteiger partial charge is 0.441 e. The van der Waals surface area contributed by atoms with Crippen molar-refractivity contribution in [3.63, 3.8) is 0 Å². The maximum absolute atomic E-state index is 11.8. The summed E-state index contributed by atoms with van der Waals surface area (Å²) in [6, 6.07) is 7.80. The second kappa shape index (κ2) is 8.10. The number of carbonyl (C=O) groups is 1. The van der Waals surface area contributed by atoms with E-state index >= 15 is 0 Å². The van der Waals surface area contributed by atoms with E-state index in [1.54, 1.807) is 13.3 Å². The Morgan fingerprint density at radius 3 is 3.05 bits per heavy atom. The molecule has 1 N–H and O–H groups in total. The van der Waals surface area contributed by atoms with Gasteiger partial charge in [0.05, 0.1) is 12.8 Å². The molecule has 1 heterocycles. The van der Waals surface area contributed by atoms with Crippen LogP contribution in [0.25, 0.3) is 11.3 Å². The third kappa shape index (κ3) is 4.96. The predicted octanol–water partition coefficient (Wildman–Crippen LogP) is 3.19. The molecule has 0 aliphatic carbocycles. The van der Waals surface area contributed by atoms with Crippen LogP contribution in [0.4, 0.5) is 0 Å². The fraction of sp³-hybridized carbons (Fsp3) is 0.375. The summed E-state index contributed by atoms with van der Waals surface area (Å²) < 4.78 is 11.7. The van der Waals surface area contributed by atoms with E-state index in [0.717, 1.165) is 10.0 Å². The lowest BCUT2D eigenvalue weighted by Gasteiger charge is -2.11. The van der Waals surface area contributed by atoms with Gasteiger partial charge in [-0.05, 0) is 19.1 Å². The number of nitrogens with zero attached hydrogens (tertiary/aromatic N) is 1. The van der Waals surface area contributed by atoms with Crippen LogP contribution in [-0.2, 0) is 16.0 Å². The number of hydrogen-bond acceptors (Lipinski definition) is 4. The van der Waals surface area contributed by atoms with Gasteiger partial charge in [-0.25, -0.2) is 4.98 Å². The van der Waals surface area contributed by atoms with Gasteiger partial charge >= 0.3 is 0 Å². The zero-order valence-electron chi connectivity index (χ0n) is 12.6. The molecule has 0 saturated carbocycles. The van der Waals surface area contributed by atoms with Crippen LogP contribution >= 0.6 is 15.9 Å². The quantitative estimate of drug-likeness (QED) is 0.817. The Morgan fingerprint density at radius 1 is 1.50 bits per heavy atom. The lowest BCUT2D eigenvalue weighted by Crippen LogP contribution is -2.35. The van der Waals surface area contributed by atoms with Crippen molar-refractivity contribution >= 4 is 21.8 Å². The zero-order valence-corrected chi connectivity index (χ0v) is 14.2. The van der Waals surface area contributed by atoms with Gasteiger partial charge in [0.2, 0.25) is 5.91 Å². The second-order valence-corrected chi connectivity index (χ2v) is 5.97. The van der Waals surface area contributed by atoms with E-state index in [-0.39, 0.29) is 11.9 Å². The number of nitrogens with one attached hydrogen (secondary N) is 1. The van der Waals surface area contributed by atoms with E-state index in [1.807, 2.05) is 31.2 Å². The summed E-state index contributed by atoms with van der Waals surface area (Å²) in [5.74, 6) is 1.22. The molecule has 2 rings (SSSR count). The zero-order chi connectivity index (χ0) is 15.9. The highest BCUT2D eigenvalue weighted by Gasteiger charge is 2.11. The smallest absolute Gasteiger partial charge is 0.220 e. The average molecular weight is 367 g/mol. The molecule has 1 aromatic heterocycles. The Bertz CT molecular complexity index is 627. The minimum atomic E-state index is -0.0354. The number of amides is 1. The molecule has 0 aliphatic heterocycles. The van der Waals surface area contributed by atoms with Crippen LogP contribution in [0.1, 0.15) is 19.2 Å². The molecule has 1 atom stereocenters. The number of methoxy groups -OCH3 is 1. The van der Waals surface area contributed by atoms with E-state index in [9.17, 15) is 4.79 Å². The second-order valence-electron chi connectivity index (χ2n) is 5.05. The van der Waals surface area contributed by atoms with Crippen molar-refractivity contribution in [1.29, 1.82) is 0 Å². The maximum atomic E-state index is 11.8. The van der Waals surface area contributed by atoms with Crippen LogP contribution in [-0.4, -0.2) is 30.6 Å². The number of ether oxygens (including phenoxy) is 1. The van der Waals surface area contributed by atoms with Crippen molar-refractivity contribution in [2.24, 2.45) is 0 Å². The minimum Gasteiger partial charge on any atom is -0.441 e.